The van der Waals surface area contributed by atoms with Crippen molar-refractivity contribution in [2.75, 3.05) is 31.1 Å². The minimum absolute atomic E-state index is 0.00501. The Morgan fingerprint density at radius 3 is 2.33 bits per heavy atom. The standard InChI is InChI=1S/C18H20ClN3O4S/c1-13-10-17(22(23)24)12-18(14(13)2)27(25,26)21-8-6-20(7-9-21)16-5-3-4-15(19)11-16/h3-5,10-12H,6-9H2,1-2H3. The highest BCUT2D eigenvalue weighted by Crippen LogP contribution is 2.29. The number of hydrogen-bond donors (Lipinski definition) is 0. The highest BCUT2D eigenvalue weighted by atomic mass is 35.5. The van der Waals surface area contributed by atoms with E-state index in [1.165, 1.54) is 10.4 Å². The zero-order valence-corrected chi connectivity index (χ0v) is 16.6. The van der Waals surface area contributed by atoms with E-state index in [4.69, 9.17) is 11.6 Å². The number of nitro groups is 1. The van der Waals surface area contributed by atoms with Gasteiger partial charge in [0.1, 0.15) is 0 Å². The summed E-state index contributed by atoms with van der Waals surface area (Å²) in [6, 6.07) is 9.98. The van der Waals surface area contributed by atoms with E-state index in [9.17, 15) is 18.5 Å². The molecule has 2 aromatic carbocycles. The molecule has 1 saturated heterocycles. The monoisotopic (exact) mass is 409 g/mol. The Balaban J connectivity index is 1.84. The van der Waals surface area contributed by atoms with Gasteiger partial charge in [-0.05, 0) is 43.2 Å². The van der Waals surface area contributed by atoms with Crippen LogP contribution in [0.3, 0.4) is 0 Å². The van der Waals surface area contributed by atoms with Crippen molar-refractivity contribution < 1.29 is 13.3 Å². The molecule has 2 aromatic rings. The Hall–Kier alpha value is -2.16. The predicted molar refractivity (Wildman–Crippen MR) is 105 cm³/mol. The molecule has 144 valence electrons. The number of nitro benzene ring substituents is 1. The summed E-state index contributed by atoms with van der Waals surface area (Å²) in [7, 11) is -3.81. The first-order chi connectivity index (χ1) is 12.7. The minimum Gasteiger partial charge on any atom is -0.369 e. The molecule has 0 N–H and O–H groups in total. The van der Waals surface area contributed by atoms with Crippen LogP contribution in [0.15, 0.2) is 41.3 Å². The molecule has 7 nitrogen and oxygen atoms in total. The molecule has 0 radical (unpaired) electrons. The molecule has 1 aliphatic heterocycles. The van der Waals surface area contributed by atoms with Crippen molar-refractivity contribution in [2.24, 2.45) is 0 Å². The smallest absolute Gasteiger partial charge is 0.271 e. The van der Waals surface area contributed by atoms with Crippen LogP contribution in [0.25, 0.3) is 0 Å². The molecule has 0 atom stereocenters. The molecule has 0 unspecified atom stereocenters. The van der Waals surface area contributed by atoms with Crippen LogP contribution in [-0.4, -0.2) is 43.8 Å². The van der Waals surface area contributed by atoms with Gasteiger partial charge in [-0.3, -0.25) is 10.1 Å². The van der Waals surface area contributed by atoms with Gasteiger partial charge in [-0.2, -0.15) is 4.31 Å². The van der Waals surface area contributed by atoms with Gasteiger partial charge in [0.15, 0.2) is 0 Å². The van der Waals surface area contributed by atoms with Crippen molar-refractivity contribution in [3.8, 4) is 0 Å². The van der Waals surface area contributed by atoms with Crippen molar-refractivity contribution in [3.05, 3.63) is 62.7 Å². The molecule has 9 heteroatoms. The van der Waals surface area contributed by atoms with Crippen molar-refractivity contribution in [1.82, 2.24) is 4.31 Å². The number of sulfonamides is 1. The first-order valence-electron chi connectivity index (χ1n) is 8.46. The second-order valence-corrected chi connectivity index (χ2v) is 8.86. The number of aryl methyl sites for hydroxylation is 1. The zero-order chi connectivity index (χ0) is 19.8. The largest absolute Gasteiger partial charge is 0.369 e. The summed E-state index contributed by atoms with van der Waals surface area (Å²) in [6.07, 6.45) is 0. The van der Waals surface area contributed by atoms with Crippen LogP contribution < -0.4 is 4.90 Å². The normalized spacial score (nSPS) is 15.7. The van der Waals surface area contributed by atoms with Gasteiger partial charge in [-0.1, -0.05) is 17.7 Å². The van der Waals surface area contributed by atoms with Gasteiger partial charge in [-0.15, -0.1) is 0 Å². The number of hydrogen-bond acceptors (Lipinski definition) is 5. The zero-order valence-electron chi connectivity index (χ0n) is 15.1. The number of anilines is 1. The van der Waals surface area contributed by atoms with Crippen LogP contribution in [-0.2, 0) is 10.0 Å². The molecule has 1 fully saturated rings. The van der Waals surface area contributed by atoms with Gasteiger partial charge in [-0.25, -0.2) is 8.42 Å². The van der Waals surface area contributed by atoms with Crippen LogP contribution in [0.2, 0.25) is 5.02 Å². The molecular weight excluding hydrogens is 390 g/mol. The fraction of sp³-hybridized carbons (Fsp3) is 0.333. The van der Waals surface area contributed by atoms with E-state index in [-0.39, 0.29) is 10.6 Å². The lowest BCUT2D eigenvalue weighted by Gasteiger charge is -2.35. The van der Waals surface area contributed by atoms with Gasteiger partial charge < -0.3 is 4.90 Å². The second kappa shape index (κ2) is 7.46. The molecule has 0 bridgehead atoms. The van der Waals surface area contributed by atoms with Crippen molar-refractivity contribution >= 4 is 33.0 Å². The molecule has 1 heterocycles. The molecule has 0 spiro atoms. The highest BCUT2D eigenvalue weighted by molar-refractivity contribution is 7.89. The summed E-state index contributed by atoms with van der Waals surface area (Å²) in [5.74, 6) is 0. The molecule has 0 aromatic heterocycles. The molecule has 27 heavy (non-hydrogen) atoms. The Morgan fingerprint density at radius 1 is 1.07 bits per heavy atom. The number of halogens is 1. The molecule has 0 saturated carbocycles. The summed E-state index contributed by atoms with van der Waals surface area (Å²) < 4.78 is 27.6. The topological polar surface area (TPSA) is 83.8 Å². The van der Waals surface area contributed by atoms with Crippen molar-refractivity contribution in [1.29, 1.82) is 0 Å². The number of non-ortho nitro benzene ring substituents is 1. The molecular formula is C18H20ClN3O4S. The summed E-state index contributed by atoms with van der Waals surface area (Å²) in [6.45, 7) is 5.00. The van der Waals surface area contributed by atoms with Crippen LogP contribution in [0.1, 0.15) is 11.1 Å². The van der Waals surface area contributed by atoms with Crippen molar-refractivity contribution in [2.45, 2.75) is 18.7 Å². The van der Waals surface area contributed by atoms with Gasteiger partial charge in [0.05, 0.1) is 9.82 Å². The summed E-state index contributed by atoms with van der Waals surface area (Å²) in [4.78, 5) is 12.6. The van der Waals surface area contributed by atoms with E-state index in [1.807, 2.05) is 18.2 Å². The third-order valence-electron chi connectivity index (χ3n) is 4.85. The van der Waals surface area contributed by atoms with Crippen LogP contribution in [0, 0.1) is 24.0 Å². The van der Waals surface area contributed by atoms with Crippen molar-refractivity contribution in [3.63, 3.8) is 0 Å². The first kappa shape index (κ1) is 19.6. The quantitative estimate of drug-likeness (QED) is 0.571. The van der Waals surface area contributed by atoms with E-state index in [0.717, 1.165) is 11.8 Å². The van der Waals surface area contributed by atoms with Crippen LogP contribution in [0.5, 0.6) is 0 Å². The predicted octanol–water partition coefficient (Wildman–Crippen LogP) is 3.38. The average Bonchev–Trinajstić information content (AvgIpc) is 2.63. The Morgan fingerprint density at radius 2 is 1.74 bits per heavy atom. The first-order valence-corrected chi connectivity index (χ1v) is 10.3. The average molecular weight is 410 g/mol. The molecule has 0 aliphatic carbocycles. The summed E-state index contributed by atoms with van der Waals surface area (Å²) in [5.41, 5.74) is 1.86. The van der Waals surface area contributed by atoms with E-state index in [1.54, 1.807) is 19.9 Å². The van der Waals surface area contributed by atoms with Gasteiger partial charge in [0.2, 0.25) is 10.0 Å². The van der Waals surface area contributed by atoms with E-state index >= 15 is 0 Å². The lowest BCUT2D eigenvalue weighted by molar-refractivity contribution is -0.385. The van der Waals surface area contributed by atoms with Crippen LogP contribution in [0.4, 0.5) is 11.4 Å². The Kier molecular flexibility index (Phi) is 5.41. The van der Waals surface area contributed by atoms with Gasteiger partial charge in [0, 0.05) is 49.0 Å². The maximum absolute atomic E-state index is 13.1. The number of nitrogens with zero attached hydrogens (tertiary/aromatic N) is 3. The Bertz CT molecular complexity index is 986. The second-order valence-electron chi connectivity index (χ2n) is 6.51. The lowest BCUT2D eigenvalue weighted by atomic mass is 10.1. The van der Waals surface area contributed by atoms with E-state index in [2.05, 4.69) is 4.90 Å². The number of piperazine rings is 1. The third kappa shape index (κ3) is 3.92. The lowest BCUT2D eigenvalue weighted by Crippen LogP contribution is -2.48. The molecule has 0 amide bonds. The van der Waals surface area contributed by atoms with Gasteiger partial charge in [0.25, 0.3) is 5.69 Å². The fourth-order valence-electron chi connectivity index (χ4n) is 3.18. The number of rotatable bonds is 4. The van der Waals surface area contributed by atoms with E-state index < -0.39 is 14.9 Å². The SMILES string of the molecule is Cc1cc([N+](=O)[O-])cc(S(=O)(=O)N2CCN(c3cccc(Cl)c3)CC2)c1C. The molecule has 3 rings (SSSR count). The molecule has 1 aliphatic rings. The van der Waals surface area contributed by atoms with E-state index in [0.29, 0.717) is 42.3 Å². The van der Waals surface area contributed by atoms with Crippen LogP contribution >= 0.6 is 11.6 Å². The summed E-state index contributed by atoms with van der Waals surface area (Å²) in [5, 5.41) is 11.8. The minimum atomic E-state index is -3.81. The number of benzene rings is 2. The Labute approximate surface area is 163 Å². The van der Waals surface area contributed by atoms with Gasteiger partial charge >= 0.3 is 0 Å². The maximum atomic E-state index is 13.1. The third-order valence-corrected chi connectivity index (χ3v) is 7.11. The summed E-state index contributed by atoms with van der Waals surface area (Å²) >= 11 is 6.03. The maximum Gasteiger partial charge on any atom is 0.271 e. The fourth-order valence-corrected chi connectivity index (χ4v) is 5.10. The highest BCUT2D eigenvalue weighted by Gasteiger charge is 2.31.